The van der Waals surface area contributed by atoms with Crippen molar-refractivity contribution in [3.8, 4) is 0 Å². The Bertz CT molecular complexity index is 206. The molecule has 4 atom stereocenters. The lowest BCUT2D eigenvalue weighted by Gasteiger charge is -2.27. The highest BCUT2D eigenvalue weighted by Crippen LogP contribution is 2.17. The van der Waals surface area contributed by atoms with Gasteiger partial charge in [-0.15, -0.1) is 0 Å². The van der Waals surface area contributed by atoms with Crippen LogP contribution in [0.25, 0.3) is 0 Å². The molecule has 0 unspecified atom stereocenters. The first-order valence-electron chi connectivity index (χ1n) is 3.54. The largest absolute Gasteiger partial charge is 0.477 e. The third-order valence-electron chi connectivity index (χ3n) is 1.60. The second kappa shape index (κ2) is 4.62. The molecule has 0 aromatic rings. The van der Waals surface area contributed by atoms with Crippen LogP contribution in [0.4, 0.5) is 4.39 Å². The number of carbonyl (C=O) groups is 1. The van der Waals surface area contributed by atoms with Crippen LogP contribution in [0, 0.1) is 0 Å². The number of rotatable bonds is 5. The molecule has 0 aromatic carbocycles. The van der Waals surface area contributed by atoms with E-state index in [9.17, 15) is 9.18 Å². The molecular formula is C6H11FO7. The molecule has 6 N–H and O–H groups in total. The zero-order valence-corrected chi connectivity index (χ0v) is 6.91. The SMILES string of the molecule is O=C(O)[C@@](O)(F)[C@H](O)[C@H](O)[C@H](O)CO. The lowest BCUT2D eigenvalue weighted by atomic mass is 10.0. The second-order valence-electron chi connectivity index (χ2n) is 2.66. The summed E-state index contributed by atoms with van der Waals surface area (Å²) in [7, 11) is 0. The highest BCUT2D eigenvalue weighted by atomic mass is 19.2. The summed E-state index contributed by atoms with van der Waals surface area (Å²) in [4.78, 5) is 10.0. The normalized spacial score (nSPS) is 22.1. The molecule has 0 saturated heterocycles. The Balaban J connectivity index is 4.60. The van der Waals surface area contributed by atoms with Crippen LogP contribution < -0.4 is 0 Å². The Morgan fingerprint density at radius 2 is 1.79 bits per heavy atom. The van der Waals surface area contributed by atoms with E-state index in [0.717, 1.165) is 0 Å². The van der Waals surface area contributed by atoms with Gasteiger partial charge in [0.15, 0.2) is 6.10 Å². The van der Waals surface area contributed by atoms with Crippen molar-refractivity contribution in [1.82, 2.24) is 0 Å². The molecule has 0 amide bonds. The van der Waals surface area contributed by atoms with E-state index < -0.39 is 36.7 Å². The molecule has 7 nitrogen and oxygen atoms in total. The number of aliphatic hydroxyl groups excluding tert-OH is 4. The number of carboxylic acids is 1. The van der Waals surface area contributed by atoms with Gasteiger partial charge in [-0.1, -0.05) is 0 Å². The van der Waals surface area contributed by atoms with E-state index in [2.05, 4.69) is 0 Å². The topological polar surface area (TPSA) is 138 Å². The van der Waals surface area contributed by atoms with Crippen LogP contribution in [0.5, 0.6) is 0 Å². The highest BCUT2D eigenvalue weighted by Gasteiger charge is 2.49. The number of aliphatic hydroxyl groups is 5. The minimum absolute atomic E-state index is 1.02. The summed E-state index contributed by atoms with van der Waals surface area (Å²) in [6.07, 6.45) is -7.03. The zero-order chi connectivity index (χ0) is 11.5. The van der Waals surface area contributed by atoms with E-state index in [1.54, 1.807) is 0 Å². The zero-order valence-electron chi connectivity index (χ0n) is 6.91. The molecular weight excluding hydrogens is 203 g/mol. The minimum Gasteiger partial charge on any atom is -0.477 e. The lowest BCUT2D eigenvalue weighted by molar-refractivity contribution is -0.228. The van der Waals surface area contributed by atoms with Crippen molar-refractivity contribution >= 4 is 5.97 Å². The van der Waals surface area contributed by atoms with Crippen molar-refractivity contribution in [3.05, 3.63) is 0 Å². The van der Waals surface area contributed by atoms with Crippen molar-refractivity contribution in [3.63, 3.8) is 0 Å². The monoisotopic (exact) mass is 214 g/mol. The van der Waals surface area contributed by atoms with Crippen LogP contribution in [0.1, 0.15) is 0 Å². The van der Waals surface area contributed by atoms with Crippen LogP contribution in [0.15, 0.2) is 0 Å². The third kappa shape index (κ3) is 2.59. The highest BCUT2D eigenvalue weighted by molar-refractivity contribution is 5.76. The first kappa shape index (κ1) is 13.2. The predicted octanol–water partition coefficient (Wildman–Crippen LogP) is -3.20. The number of hydrogen-bond donors (Lipinski definition) is 6. The average Bonchev–Trinajstić information content (AvgIpc) is 2.13. The molecule has 0 radical (unpaired) electrons. The van der Waals surface area contributed by atoms with Crippen molar-refractivity contribution in [2.45, 2.75) is 24.2 Å². The molecule has 0 aliphatic rings. The maximum Gasteiger partial charge on any atom is 0.372 e. The number of alkyl halides is 1. The molecule has 84 valence electrons. The molecule has 0 fully saturated rings. The van der Waals surface area contributed by atoms with Gasteiger partial charge in [0.05, 0.1) is 6.61 Å². The Hall–Kier alpha value is -0.800. The summed E-state index contributed by atoms with van der Waals surface area (Å²) in [6, 6.07) is 0. The molecule has 0 aliphatic heterocycles. The standard InChI is InChI=1S/C6H11FO7/c7-6(14,5(12)13)4(11)3(10)2(9)1-8/h2-4,8-11,14H,1H2,(H,12,13)/t2-,3-,4-,6-/m1/s1. The molecule has 14 heavy (non-hydrogen) atoms. The number of aliphatic carboxylic acids is 1. The van der Waals surface area contributed by atoms with E-state index in [1.807, 2.05) is 0 Å². The fraction of sp³-hybridized carbons (Fsp3) is 0.833. The van der Waals surface area contributed by atoms with Gasteiger partial charge in [-0.05, 0) is 0 Å². The maximum atomic E-state index is 12.7. The van der Waals surface area contributed by atoms with Crippen molar-refractivity contribution < 1.29 is 39.8 Å². The Labute approximate surface area is 77.7 Å². The molecule has 0 bridgehead atoms. The van der Waals surface area contributed by atoms with E-state index in [1.165, 1.54) is 0 Å². The van der Waals surface area contributed by atoms with Crippen LogP contribution in [-0.4, -0.2) is 67.4 Å². The molecule has 0 rings (SSSR count). The van der Waals surface area contributed by atoms with Gasteiger partial charge in [0.25, 0.3) is 0 Å². The first-order chi connectivity index (χ1) is 6.25. The third-order valence-corrected chi connectivity index (χ3v) is 1.60. The van der Waals surface area contributed by atoms with Gasteiger partial charge >= 0.3 is 11.8 Å². The van der Waals surface area contributed by atoms with Gasteiger partial charge in [-0.3, -0.25) is 0 Å². The fourth-order valence-electron chi connectivity index (χ4n) is 0.671. The van der Waals surface area contributed by atoms with Crippen LogP contribution in [0.2, 0.25) is 0 Å². The van der Waals surface area contributed by atoms with E-state index in [4.69, 9.17) is 30.6 Å². The van der Waals surface area contributed by atoms with Gasteiger partial charge in [0.2, 0.25) is 0 Å². The summed E-state index contributed by atoms with van der Waals surface area (Å²) >= 11 is 0. The van der Waals surface area contributed by atoms with Crippen LogP contribution in [-0.2, 0) is 4.79 Å². The summed E-state index contributed by atoms with van der Waals surface area (Å²) in [6.45, 7) is -1.02. The lowest BCUT2D eigenvalue weighted by Crippen LogP contribution is -2.55. The molecule has 0 heterocycles. The first-order valence-corrected chi connectivity index (χ1v) is 3.54. The Morgan fingerprint density at radius 3 is 2.07 bits per heavy atom. The Kier molecular flexibility index (Phi) is 4.36. The van der Waals surface area contributed by atoms with Gasteiger partial charge in [-0.2, -0.15) is 4.39 Å². The van der Waals surface area contributed by atoms with Crippen LogP contribution >= 0.6 is 0 Å². The number of carboxylic acid groups (broad SMARTS) is 1. The fourth-order valence-corrected chi connectivity index (χ4v) is 0.671. The summed E-state index contributed by atoms with van der Waals surface area (Å²) in [5, 5.41) is 51.2. The van der Waals surface area contributed by atoms with Crippen molar-refractivity contribution in [1.29, 1.82) is 0 Å². The van der Waals surface area contributed by atoms with Gasteiger partial charge in [-0.25, -0.2) is 4.79 Å². The predicted molar refractivity (Wildman–Crippen MR) is 38.8 cm³/mol. The summed E-state index contributed by atoms with van der Waals surface area (Å²) < 4.78 is 12.7. The smallest absolute Gasteiger partial charge is 0.372 e. The second-order valence-corrected chi connectivity index (χ2v) is 2.66. The molecule has 0 spiro atoms. The van der Waals surface area contributed by atoms with E-state index in [-0.39, 0.29) is 0 Å². The quantitative estimate of drug-likeness (QED) is 0.283. The molecule has 0 aliphatic carbocycles. The van der Waals surface area contributed by atoms with Crippen molar-refractivity contribution in [2.24, 2.45) is 0 Å². The average molecular weight is 214 g/mol. The summed E-state index contributed by atoms with van der Waals surface area (Å²) in [5.41, 5.74) is 0. The molecule has 0 aromatic heterocycles. The molecule has 8 heteroatoms. The number of hydrogen-bond acceptors (Lipinski definition) is 6. The number of halogens is 1. The van der Waals surface area contributed by atoms with E-state index >= 15 is 0 Å². The molecule has 0 saturated carbocycles. The van der Waals surface area contributed by atoms with Gasteiger partial charge < -0.3 is 30.6 Å². The van der Waals surface area contributed by atoms with Gasteiger partial charge in [0, 0.05) is 0 Å². The minimum atomic E-state index is -4.09. The van der Waals surface area contributed by atoms with Crippen LogP contribution in [0.3, 0.4) is 0 Å². The maximum absolute atomic E-state index is 12.7. The van der Waals surface area contributed by atoms with Gasteiger partial charge in [0.1, 0.15) is 12.2 Å². The summed E-state index contributed by atoms with van der Waals surface area (Å²) in [5.74, 6) is -6.50. The van der Waals surface area contributed by atoms with E-state index in [0.29, 0.717) is 0 Å². The Morgan fingerprint density at radius 1 is 1.36 bits per heavy atom. The van der Waals surface area contributed by atoms with Crippen molar-refractivity contribution in [2.75, 3.05) is 6.61 Å².